The molecule has 2 N–H and O–H groups in total. The van der Waals surface area contributed by atoms with Crippen LogP contribution < -0.4 is 10.6 Å². The van der Waals surface area contributed by atoms with Crippen molar-refractivity contribution < 1.29 is 9.59 Å². The first-order chi connectivity index (χ1) is 13.6. The standard InChI is InChI=1S/C23H27N3O2/c1-17-7-5-6-10-19(17)16-26-23(28)21-13-20(14-24-15-21)22(27)25-12-11-18-8-3-2-4-9-18/h5-8,10,13-15H,2-4,9,11-12,16H2,1H3,(H,25,27)(H,26,28). The van der Waals surface area contributed by atoms with Gasteiger partial charge in [-0.3, -0.25) is 14.6 Å². The average molecular weight is 377 g/mol. The van der Waals surface area contributed by atoms with Gasteiger partial charge in [-0.2, -0.15) is 0 Å². The maximum Gasteiger partial charge on any atom is 0.253 e. The van der Waals surface area contributed by atoms with Gasteiger partial charge in [-0.05, 0) is 56.2 Å². The van der Waals surface area contributed by atoms with Crippen LogP contribution in [0.3, 0.4) is 0 Å². The van der Waals surface area contributed by atoms with E-state index in [9.17, 15) is 9.59 Å². The van der Waals surface area contributed by atoms with Crippen LogP contribution in [0.1, 0.15) is 63.9 Å². The molecule has 2 amide bonds. The van der Waals surface area contributed by atoms with E-state index in [1.165, 1.54) is 30.8 Å². The van der Waals surface area contributed by atoms with Gasteiger partial charge in [0.1, 0.15) is 0 Å². The monoisotopic (exact) mass is 377 g/mol. The smallest absolute Gasteiger partial charge is 0.253 e. The minimum absolute atomic E-state index is 0.197. The number of allylic oxidation sites excluding steroid dienone is 1. The highest BCUT2D eigenvalue weighted by atomic mass is 16.2. The van der Waals surface area contributed by atoms with Crippen molar-refractivity contribution >= 4 is 11.8 Å². The number of nitrogens with one attached hydrogen (secondary N) is 2. The molecule has 0 fully saturated rings. The molecule has 0 unspecified atom stereocenters. The minimum atomic E-state index is -0.238. The Kier molecular flexibility index (Phi) is 6.95. The van der Waals surface area contributed by atoms with Crippen molar-refractivity contribution in [3.63, 3.8) is 0 Å². The predicted octanol–water partition coefficient (Wildman–Crippen LogP) is 3.94. The van der Waals surface area contributed by atoms with Crippen LogP contribution in [0.5, 0.6) is 0 Å². The average Bonchev–Trinajstić information content (AvgIpc) is 2.74. The first kappa shape index (κ1) is 19.8. The van der Waals surface area contributed by atoms with Gasteiger partial charge in [-0.25, -0.2) is 0 Å². The lowest BCUT2D eigenvalue weighted by molar-refractivity contribution is 0.0950. The number of rotatable bonds is 7. The van der Waals surface area contributed by atoms with Gasteiger partial charge in [-0.1, -0.05) is 35.9 Å². The Morgan fingerprint density at radius 2 is 1.79 bits per heavy atom. The van der Waals surface area contributed by atoms with Crippen molar-refractivity contribution in [1.29, 1.82) is 0 Å². The molecule has 0 bridgehead atoms. The number of pyridine rings is 1. The summed E-state index contributed by atoms with van der Waals surface area (Å²) in [6, 6.07) is 9.51. The van der Waals surface area contributed by atoms with E-state index in [-0.39, 0.29) is 11.8 Å². The Bertz CT molecular complexity index is 874. The number of hydrogen-bond donors (Lipinski definition) is 2. The van der Waals surface area contributed by atoms with Crippen LogP contribution in [-0.4, -0.2) is 23.3 Å². The molecule has 0 aliphatic heterocycles. The fraction of sp³-hybridized carbons (Fsp3) is 0.348. The molecule has 3 rings (SSSR count). The molecule has 5 nitrogen and oxygen atoms in total. The van der Waals surface area contributed by atoms with Crippen LogP contribution >= 0.6 is 0 Å². The molecule has 1 aliphatic rings. The van der Waals surface area contributed by atoms with Crippen molar-refractivity contribution in [2.75, 3.05) is 6.54 Å². The third-order valence-electron chi connectivity index (χ3n) is 5.08. The summed E-state index contributed by atoms with van der Waals surface area (Å²) in [6.45, 7) is 3.06. The van der Waals surface area contributed by atoms with E-state index in [0.717, 1.165) is 30.4 Å². The summed E-state index contributed by atoms with van der Waals surface area (Å²) in [6.07, 6.45) is 10.9. The van der Waals surface area contributed by atoms with Crippen molar-refractivity contribution in [1.82, 2.24) is 15.6 Å². The van der Waals surface area contributed by atoms with Gasteiger partial charge in [0.2, 0.25) is 0 Å². The fourth-order valence-corrected chi connectivity index (χ4v) is 3.34. The third-order valence-corrected chi connectivity index (χ3v) is 5.08. The molecule has 146 valence electrons. The second-order valence-corrected chi connectivity index (χ2v) is 7.19. The fourth-order valence-electron chi connectivity index (χ4n) is 3.34. The lowest BCUT2D eigenvalue weighted by Crippen LogP contribution is -2.27. The highest BCUT2D eigenvalue weighted by Crippen LogP contribution is 2.19. The number of nitrogens with zero attached hydrogens (tertiary/aromatic N) is 1. The summed E-state index contributed by atoms with van der Waals surface area (Å²) in [4.78, 5) is 28.9. The van der Waals surface area contributed by atoms with Gasteiger partial charge < -0.3 is 10.6 Å². The zero-order valence-electron chi connectivity index (χ0n) is 16.3. The predicted molar refractivity (Wildman–Crippen MR) is 110 cm³/mol. The second kappa shape index (κ2) is 9.83. The number of benzene rings is 1. The zero-order valence-corrected chi connectivity index (χ0v) is 16.3. The van der Waals surface area contributed by atoms with Crippen LogP contribution in [0.15, 0.2) is 54.4 Å². The molecule has 0 radical (unpaired) electrons. The van der Waals surface area contributed by atoms with Crippen molar-refractivity contribution in [2.24, 2.45) is 0 Å². The lowest BCUT2D eigenvalue weighted by Gasteiger charge is -2.13. The molecule has 1 aromatic carbocycles. The first-order valence-corrected chi connectivity index (χ1v) is 9.87. The van der Waals surface area contributed by atoms with E-state index in [1.54, 1.807) is 6.07 Å². The third kappa shape index (κ3) is 5.52. The van der Waals surface area contributed by atoms with Gasteiger partial charge in [0.15, 0.2) is 0 Å². The Hall–Kier alpha value is -2.95. The van der Waals surface area contributed by atoms with E-state index in [2.05, 4.69) is 21.7 Å². The molecule has 1 aliphatic carbocycles. The topological polar surface area (TPSA) is 71.1 Å². The van der Waals surface area contributed by atoms with E-state index in [1.807, 2.05) is 31.2 Å². The quantitative estimate of drug-likeness (QED) is 0.718. The van der Waals surface area contributed by atoms with E-state index >= 15 is 0 Å². The van der Waals surface area contributed by atoms with Gasteiger partial charge in [0, 0.05) is 25.5 Å². The Morgan fingerprint density at radius 1 is 1.04 bits per heavy atom. The van der Waals surface area contributed by atoms with Crippen molar-refractivity contribution in [2.45, 2.75) is 45.6 Å². The molecule has 1 aromatic heterocycles. The normalized spacial score (nSPS) is 13.5. The molecule has 0 saturated carbocycles. The van der Waals surface area contributed by atoms with Crippen LogP contribution in [0.25, 0.3) is 0 Å². The largest absolute Gasteiger partial charge is 0.352 e. The maximum absolute atomic E-state index is 12.4. The summed E-state index contributed by atoms with van der Waals surface area (Å²) in [7, 11) is 0. The minimum Gasteiger partial charge on any atom is -0.352 e. The Morgan fingerprint density at radius 3 is 2.50 bits per heavy atom. The molecular formula is C23H27N3O2. The van der Waals surface area contributed by atoms with Gasteiger partial charge in [-0.15, -0.1) is 0 Å². The van der Waals surface area contributed by atoms with Crippen LogP contribution in [0.4, 0.5) is 0 Å². The van der Waals surface area contributed by atoms with Crippen LogP contribution in [0.2, 0.25) is 0 Å². The Balaban J connectivity index is 1.53. The van der Waals surface area contributed by atoms with Gasteiger partial charge >= 0.3 is 0 Å². The molecule has 0 spiro atoms. The molecule has 0 saturated heterocycles. The van der Waals surface area contributed by atoms with E-state index in [4.69, 9.17) is 0 Å². The summed E-state index contributed by atoms with van der Waals surface area (Å²) < 4.78 is 0. The molecular weight excluding hydrogens is 350 g/mol. The molecule has 1 heterocycles. The summed E-state index contributed by atoms with van der Waals surface area (Å²) >= 11 is 0. The number of aromatic nitrogens is 1. The number of hydrogen-bond acceptors (Lipinski definition) is 3. The molecule has 0 atom stereocenters. The number of carbonyl (C=O) groups is 2. The Labute approximate surface area is 166 Å². The van der Waals surface area contributed by atoms with E-state index < -0.39 is 0 Å². The summed E-state index contributed by atoms with van der Waals surface area (Å²) in [5.74, 6) is -0.435. The molecule has 2 aromatic rings. The summed E-state index contributed by atoms with van der Waals surface area (Å²) in [5.41, 5.74) is 4.41. The highest BCUT2D eigenvalue weighted by Gasteiger charge is 2.12. The highest BCUT2D eigenvalue weighted by molar-refractivity contribution is 5.99. The second-order valence-electron chi connectivity index (χ2n) is 7.19. The van der Waals surface area contributed by atoms with E-state index in [0.29, 0.717) is 24.2 Å². The number of carbonyl (C=O) groups excluding carboxylic acids is 2. The SMILES string of the molecule is Cc1ccccc1CNC(=O)c1cncc(C(=O)NCCC2=CCCCC2)c1. The maximum atomic E-state index is 12.4. The number of amides is 2. The summed E-state index contributed by atoms with van der Waals surface area (Å²) in [5, 5.41) is 5.82. The number of aryl methyl sites for hydroxylation is 1. The first-order valence-electron chi connectivity index (χ1n) is 9.87. The zero-order chi connectivity index (χ0) is 19.8. The van der Waals surface area contributed by atoms with Crippen LogP contribution in [-0.2, 0) is 6.54 Å². The lowest BCUT2D eigenvalue weighted by atomic mass is 9.97. The molecule has 28 heavy (non-hydrogen) atoms. The van der Waals surface area contributed by atoms with Crippen LogP contribution in [0, 0.1) is 6.92 Å². The molecule has 5 heteroatoms. The van der Waals surface area contributed by atoms with Gasteiger partial charge in [0.05, 0.1) is 11.1 Å². The van der Waals surface area contributed by atoms with Crippen molar-refractivity contribution in [3.05, 3.63) is 76.6 Å². The van der Waals surface area contributed by atoms with Gasteiger partial charge in [0.25, 0.3) is 11.8 Å². The van der Waals surface area contributed by atoms with Crippen molar-refractivity contribution in [3.8, 4) is 0 Å².